The maximum absolute atomic E-state index is 12.6. The molecule has 0 unspecified atom stereocenters. The number of rotatable bonds is 6. The Morgan fingerprint density at radius 3 is 2.38 bits per heavy atom. The molecule has 2 atom stereocenters. The average Bonchev–Trinajstić information content (AvgIpc) is 2.52. The first kappa shape index (κ1) is 17.7. The molecule has 5 nitrogen and oxygen atoms in total. The van der Waals surface area contributed by atoms with Gasteiger partial charge in [-0.05, 0) is 56.8 Å². The lowest BCUT2D eigenvalue weighted by Gasteiger charge is -2.41. The van der Waals surface area contributed by atoms with Crippen molar-refractivity contribution in [2.75, 3.05) is 32.7 Å². The third-order valence-corrected chi connectivity index (χ3v) is 6.52. The molecule has 2 saturated heterocycles. The summed E-state index contributed by atoms with van der Waals surface area (Å²) < 4.78 is 0. The van der Waals surface area contributed by atoms with Gasteiger partial charge in [-0.25, -0.2) is 0 Å². The normalized spacial score (nSPS) is 29.2. The molecule has 3 fully saturated rings. The number of carboxylic acids is 1. The highest BCUT2D eigenvalue weighted by molar-refractivity contribution is 5.79. The Bertz CT molecular complexity index is 444. The second-order valence-corrected chi connectivity index (χ2v) is 8.15. The van der Waals surface area contributed by atoms with Gasteiger partial charge in [-0.2, -0.15) is 0 Å². The van der Waals surface area contributed by atoms with Crippen LogP contribution < -0.4 is 10.0 Å². The maximum atomic E-state index is 12.6. The molecule has 1 aliphatic carbocycles. The molecule has 24 heavy (non-hydrogen) atoms. The minimum Gasteiger partial charge on any atom is -0.550 e. The van der Waals surface area contributed by atoms with E-state index in [1.807, 2.05) is 4.90 Å². The fraction of sp³-hybridized carbons (Fsp3) is 0.895. The van der Waals surface area contributed by atoms with Crippen molar-refractivity contribution >= 4 is 11.9 Å². The van der Waals surface area contributed by atoms with Gasteiger partial charge in [0.15, 0.2) is 0 Å². The number of amides is 1. The lowest BCUT2D eigenvalue weighted by molar-refractivity contribution is -0.905. The number of nitrogens with one attached hydrogen (secondary N) is 1. The second kappa shape index (κ2) is 8.32. The molecule has 0 bridgehead atoms. The zero-order valence-electron chi connectivity index (χ0n) is 14.8. The van der Waals surface area contributed by atoms with Crippen LogP contribution in [0.25, 0.3) is 0 Å². The number of carbonyl (C=O) groups excluding carboxylic acids is 2. The van der Waals surface area contributed by atoms with Crippen LogP contribution in [-0.4, -0.2) is 49.5 Å². The van der Waals surface area contributed by atoms with E-state index in [9.17, 15) is 14.7 Å². The van der Waals surface area contributed by atoms with Crippen LogP contribution in [0.15, 0.2) is 0 Å². The van der Waals surface area contributed by atoms with E-state index >= 15 is 0 Å². The first-order chi connectivity index (χ1) is 11.6. The number of quaternary nitrogens is 1. The van der Waals surface area contributed by atoms with Gasteiger partial charge in [-0.3, -0.25) is 4.79 Å². The quantitative estimate of drug-likeness (QED) is 0.734. The molecule has 136 valence electrons. The largest absolute Gasteiger partial charge is 0.550 e. The summed E-state index contributed by atoms with van der Waals surface area (Å²) in [6, 6.07) is 0. The van der Waals surface area contributed by atoms with Gasteiger partial charge in [0.25, 0.3) is 0 Å². The van der Waals surface area contributed by atoms with Gasteiger partial charge in [0.2, 0.25) is 5.91 Å². The van der Waals surface area contributed by atoms with Crippen LogP contribution in [0.4, 0.5) is 0 Å². The fourth-order valence-corrected chi connectivity index (χ4v) is 4.70. The first-order valence-electron chi connectivity index (χ1n) is 9.95. The summed E-state index contributed by atoms with van der Waals surface area (Å²) in [6.07, 6.45) is 9.27. The highest BCUT2D eigenvalue weighted by atomic mass is 16.4. The van der Waals surface area contributed by atoms with Gasteiger partial charge in [-0.1, -0.05) is 6.42 Å². The van der Waals surface area contributed by atoms with Crippen molar-refractivity contribution in [2.24, 2.45) is 17.8 Å². The SMILES string of the molecule is O=C([O-])C[C@@H]1CCN(C(=O)C2CCC2)C[C@@H]1CC[NH+]1CCCCC1. The number of hydrogen-bond acceptors (Lipinski definition) is 3. The molecule has 0 radical (unpaired) electrons. The molecule has 3 aliphatic rings. The van der Waals surface area contributed by atoms with Crippen molar-refractivity contribution < 1.29 is 19.6 Å². The molecule has 3 rings (SSSR count). The molecule has 0 aromatic heterocycles. The summed E-state index contributed by atoms with van der Waals surface area (Å²) in [4.78, 5) is 27.4. The number of likely N-dealkylation sites (tertiary alicyclic amines) is 2. The number of hydrogen-bond donors (Lipinski definition) is 1. The van der Waals surface area contributed by atoms with Gasteiger partial charge in [-0.15, -0.1) is 0 Å². The predicted molar refractivity (Wildman–Crippen MR) is 89.2 cm³/mol. The standard InChI is InChI=1S/C19H32N2O3/c22-18(23)13-16-8-12-21(19(24)15-5-4-6-15)14-17(16)7-11-20-9-2-1-3-10-20/h15-17H,1-14H2,(H,22,23)/t16-,17-/m0/s1. The minimum atomic E-state index is -0.936. The number of piperidine rings is 2. The zero-order chi connectivity index (χ0) is 16.9. The van der Waals surface area contributed by atoms with Gasteiger partial charge >= 0.3 is 0 Å². The summed E-state index contributed by atoms with van der Waals surface area (Å²) >= 11 is 0. The van der Waals surface area contributed by atoms with Crippen molar-refractivity contribution in [1.82, 2.24) is 4.90 Å². The number of carboxylic acid groups (broad SMARTS) is 1. The van der Waals surface area contributed by atoms with E-state index in [1.54, 1.807) is 4.90 Å². The van der Waals surface area contributed by atoms with Crippen molar-refractivity contribution in [2.45, 2.75) is 57.8 Å². The molecular formula is C19H32N2O3. The second-order valence-electron chi connectivity index (χ2n) is 8.15. The van der Waals surface area contributed by atoms with Gasteiger partial charge in [0, 0.05) is 31.4 Å². The Balaban J connectivity index is 1.55. The number of aliphatic carboxylic acids is 1. The topological polar surface area (TPSA) is 64.9 Å². The van der Waals surface area contributed by atoms with Crippen LogP contribution in [-0.2, 0) is 9.59 Å². The predicted octanol–water partition coefficient (Wildman–Crippen LogP) is -0.150. The maximum Gasteiger partial charge on any atom is 0.225 e. The number of carbonyl (C=O) groups is 2. The Labute approximate surface area is 145 Å². The molecular weight excluding hydrogens is 304 g/mol. The molecule has 5 heteroatoms. The van der Waals surface area contributed by atoms with Crippen LogP contribution in [0.3, 0.4) is 0 Å². The lowest BCUT2D eigenvalue weighted by atomic mass is 9.79. The van der Waals surface area contributed by atoms with Crippen LogP contribution in [0.5, 0.6) is 0 Å². The molecule has 1 N–H and O–H groups in total. The molecule has 0 aromatic rings. The molecule has 1 amide bonds. The molecule has 2 heterocycles. The van der Waals surface area contributed by atoms with E-state index in [0.717, 1.165) is 45.3 Å². The first-order valence-corrected chi connectivity index (χ1v) is 9.95. The van der Waals surface area contributed by atoms with Crippen LogP contribution in [0, 0.1) is 17.8 Å². The Hall–Kier alpha value is -1.10. The van der Waals surface area contributed by atoms with Gasteiger partial charge in [0.05, 0.1) is 19.6 Å². The summed E-state index contributed by atoms with van der Waals surface area (Å²) in [5.41, 5.74) is 0. The van der Waals surface area contributed by atoms with Crippen molar-refractivity contribution in [1.29, 1.82) is 0 Å². The molecule has 0 aromatic carbocycles. The Kier molecular flexibility index (Phi) is 6.14. The molecule has 2 aliphatic heterocycles. The molecule has 1 saturated carbocycles. The third-order valence-electron chi connectivity index (χ3n) is 6.52. The summed E-state index contributed by atoms with van der Waals surface area (Å²) in [5.74, 6) is 0.147. The van der Waals surface area contributed by atoms with E-state index in [0.29, 0.717) is 11.8 Å². The summed E-state index contributed by atoms with van der Waals surface area (Å²) in [6.45, 7) is 5.13. The van der Waals surface area contributed by atoms with Crippen LogP contribution in [0.2, 0.25) is 0 Å². The molecule has 0 spiro atoms. The van der Waals surface area contributed by atoms with Crippen LogP contribution >= 0.6 is 0 Å². The minimum absolute atomic E-state index is 0.158. The Morgan fingerprint density at radius 1 is 1.00 bits per heavy atom. The number of nitrogens with zero attached hydrogens (tertiary/aromatic N) is 1. The average molecular weight is 336 g/mol. The van der Waals surface area contributed by atoms with Crippen molar-refractivity contribution in [3.05, 3.63) is 0 Å². The van der Waals surface area contributed by atoms with E-state index in [2.05, 4.69) is 0 Å². The van der Waals surface area contributed by atoms with Crippen LogP contribution in [0.1, 0.15) is 57.8 Å². The lowest BCUT2D eigenvalue weighted by Crippen LogP contribution is -3.12. The highest BCUT2D eigenvalue weighted by Gasteiger charge is 2.36. The monoisotopic (exact) mass is 336 g/mol. The van der Waals surface area contributed by atoms with Gasteiger partial charge < -0.3 is 19.7 Å². The van der Waals surface area contributed by atoms with E-state index in [-0.39, 0.29) is 18.3 Å². The van der Waals surface area contributed by atoms with E-state index in [1.165, 1.54) is 38.8 Å². The van der Waals surface area contributed by atoms with E-state index < -0.39 is 5.97 Å². The van der Waals surface area contributed by atoms with Crippen molar-refractivity contribution in [3.63, 3.8) is 0 Å². The van der Waals surface area contributed by atoms with Crippen molar-refractivity contribution in [3.8, 4) is 0 Å². The highest BCUT2D eigenvalue weighted by Crippen LogP contribution is 2.33. The summed E-state index contributed by atoms with van der Waals surface area (Å²) in [7, 11) is 0. The smallest absolute Gasteiger partial charge is 0.225 e. The Morgan fingerprint density at radius 2 is 1.75 bits per heavy atom. The third kappa shape index (κ3) is 4.50. The van der Waals surface area contributed by atoms with E-state index in [4.69, 9.17) is 0 Å². The zero-order valence-corrected chi connectivity index (χ0v) is 14.8. The fourth-order valence-electron chi connectivity index (χ4n) is 4.70. The summed E-state index contributed by atoms with van der Waals surface area (Å²) in [5, 5.41) is 11.1. The van der Waals surface area contributed by atoms with Gasteiger partial charge in [0.1, 0.15) is 0 Å².